The van der Waals surface area contributed by atoms with Gasteiger partial charge in [0.15, 0.2) is 5.82 Å². The van der Waals surface area contributed by atoms with Gasteiger partial charge in [-0.15, -0.1) is 0 Å². The van der Waals surface area contributed by atoms with E-state index in [4.69, 9.17) is 12.2 Å². The average Bonchev–Trinajstić information content (AvgIpc) is 2.88. The van der Waals surface area contributed by atoms with Gasteiger partial charge in [0.05, 0.1) is 6.21 Å². The van der Waals surface area contributed by atoms with Crippen molar-refractivity contribution in [3.8, 4) is 11.4 Å². The number of benzene rings is 1. The summed E-state index contributed by atoms with van der Waals surface area (Å²) in [5.41, 5.74) is 3.05. The topological polar surface area (TPSA) is 58.9 Å². The summed E-state index contributed by atoms with van der Waals surface area (Å²) in [4.78, 5) is 4.05. The molecule has 0 spiro atoms. The third-order valence-electron chi connectivity index (χ3n) is 2.97. The van der Waals surface area contributed by atoms with Crippen LogP contribution in [0.25, 0.3) is 11.4 Å². The second kappa shape index (κ2) is 5.80. The Balaban J connectivity index is 2.00. The van der Waals surface area contributed by atoms with Gasteiger partial charge in [-0.1, -0.05) is 35.9 Å². The molecule has 0 saturated carbocycles. The highest BCUT2D eigenvalue weighted by Gasteiger charge is 2.07. The Hall–Kier alpha value is -2.60. The number of hydrogen-bond acceptors (Lipinski definition) is 4. The number of rotatable bonds is 3. The number of nitrogens with zero attached hydrogens (tertiary/aromatic N) is 4. The molecule has 0 atom stereocenters. The summed E-state index contributed by atoms with van der Waals surface area (Å²) >= 11 is 5.23. The van der Waals surface area contributed by atoms with Crippen LogP contribution < -0.4 is 0 Å². The lowest BCUT2D eigenvalue weighted by atomic mass is 10.1. The number of nitrogens with one attached hydrogen (secondary N) is 1. The number of pyridine rings is 1. The van der Waals surface area contributed by atoms with E-state index in [1.165, 1.54) is 5.56 Å². The Morgan fingerprint density at radius 2 is 2.05 bits per heavy atom. The van der Waals surface area contributed by atoms with E-state index in [2.05, 4.69) is 20.3 Å². The van der Waals surface area contributed by atoms with Gasteiger partial charge in [-0.3, -0.25) is 4.98 Å². The summed E-state index contributed by atoms with van der Waals surface area (Å²) in [5, 5.41) is 11.4. The Bertz CT molecular complexity index is 815. The number of aromatic amines is 1. The van der Waals surface area contributed by atoms with Crippen molar-refractivity contribution in [3.63, 3.8) is 0 Å². The van der Waals surface area contributed by atoms with Gasteiger partial charge in [0, 0.05) is 23.5 Å². The predicted molar refractivity (Wildman–Crippen MR) is 84.8 cm³/mol. The lowest BCUT2D eigenvalue weighted by Crippen LogP contribution is -1.95. The summed E-state index contributed by atoms with van der Waals surface area (Å²) in [6.45, 7) is 2.04. The first-order valence-corrected chi connectivity index (χ1v) is 6.84. The van der Waals surface area contributed by atoms with Gasteiger partial charge in [-0.2, -0.15) is 14.9 Å². The molecule has 0 radical (unpaired) electrons. The highest BCUT2D eigenvalue weighted by Crippen LogP contribution is 2.17. The molecule has 0 aliphatic carbocycles. The van der Waals surface area contributed by atoms with Crippen LogP contribution in [0.3, 0.4) is 0 Å². The molecule has 3 aromatic rings. The van der Waals surface area contributed by atoms with Gasteiger partial charge in [-0.25, -0.2) is 5.10 Å². The van der Waals surface area contributed by atoms with Gasteiger partial charge in [0.2, 0.25) is 4.77 Å². The van der Waals surface area contributed by atoms with Gasteiger partial charge in [0.1, 0.15) is 0 Å². The third-order valence-corrected chi connectivity index (χ3v) is 3.23. The van der Waals surface area contributed by atoms with E-state index >= 15 is 0 Å². The van der Waals surface area contributed by atoms with E-state index in [9.17, 15) is 0 Å². The molecule has 1 N–H and O–H groups in total. The minimum Gasteiger partial charge on any atom is -0.264 e. The lowest BCUT2D eigenvalue weighted by molar-refractivity contribution is 0.871. The van der Waals surface area contributed by atoms with Crippen LogP contribution in [0.15, 0.2) is 53.9 Å². The zero-order valence-electron chi connectivity index (χ0n) is 11.4. The van der Waals surface area contributed by atoms with E-state index < -0.39 is 0 Å². The normalized spacial score (nSPS) is 11.1. The second-order valence-corrected chi connectivity index (χ2v) is 4.95. The average molecular weight is 295 g/mol. The van der Waals surface area contributed by atoms with Crippen molar-refractivity contribution in [2.24, 2.45) is 5.10 Å². The van der Waals surface area contributed by atoms with Crippen LogP contribution in [0.5, 0.6) is 0 Å². The van der Waals surface area contributed by atoms with Crippen LogP contribution in [0.1, 0.15) is 11.1 Å². The van der Waals surface area contributed by atoms with E-state index in [0.29, 0.717) is 10.6 Å². The van der Waals surface area contributed by atoms with Gasteiger partial charge < -0.3 is 0 Å². The standard InChI is InChI=1S/C15H13N5S/c1-11-4-6-13(7-5-11)14-18-19-15(21)20(14)17-10-12-3-2-8-16-9-12/h2-10H,1H3,(H,19,21). The Morgan fingerprint density at radius 3 is 2.76 bits per heavy atom. The third kappa shape index (κ3) is 2.95. The highest BCUT2D eigenvalue weighted by atomic mass is 32.1. The van der Waals surface area contributed by atoms with Crippen molar-refractivity contribution in [3.05, 3.63) is 64.7 Å². The molecule has 6 heteroatoms. The largest absolute Gasteiger partial charge is 0.264 e. The van der Waals surface area contributed by atoms with E-state index in [1.807, 2.05) is 43.3 Å². The summed E-state index contributed by atoms with van der Waals surface area (Å²) < 4.78 is 2.05. The van der Waals surface area contributed by atoms with Crippen LogP contribution >= 0.6 is 12.2 Å². The Morgan fingerprint density at radius 1 is 1.24 bits per heavy atom. The van der Waals surface area contributed by atoms with Crippen LogP contribution in [0.2, 0.25) is 0 Å². The molecule has 0 fully saturated rings. The number of hydrogen-bond donors (Lipinski definition) is 1. The van der Waals surface area contributed by atoms with Crippen LogP contribution in [-0.2, 0) is 0 Å². The summed E-state index contributed by atoms with van der Waals surface area (Å²) in [6, 6.07) is 11.8. The summed E-state index contributed by atoms with van der Waals surface area (Å²) in [7, 11) is 0. The first-order chi connectivity index (χ1) is 10.2. The lowest BCUT2D eigenvalue weighted by Gasteiger charge is -2.01. The maximum atomic E-state index is 5.23. The fourth-order valence-corrected chi connectivity index (χ4v) is 2.04. The molecule has 3 rings (SSSR count). The van der Waals surface area contributed by atoms with Crippen molar-refractivity contribution in [2.75, 3.05) is 0 Å². The summed E-state index contributed by atoms with van der Waals surface area (Å²) in [5.74, 6) is 0.681. The van der Waals surface area contributed by atoms with Crippen molar-refractivity contribution in [1.29, 1.82) is 0 Å². The van der Waals surface area contributed by atoms with Gasteiger partial charge >= 0.3 is 0 Å². The first kappa shape index (κ1) is 13.4. The van der Waals surface area contributed by atoms with Crippen molar-refractivity contribution < 1.29 is 0 Å². The van der Waals surface area contributed by atoms with Crippen LogP contribution in [0.4, 0.5) is 0 Å². The molecule has 104 valence electrons. The molecule has 2 aromatic heterocycles. The van der Waals surface area contributed by atoms with E-state index in [0.717, 1.165) is 11.1 Å². The maximum absolute atomic E-state index is 5.23. The molecule has 5 nitrogen and oxygen atoms in total. The van der Waals surface area contributed by atoms with Crippen LogP contribution in [-0.4, -0.2) is 26.1 Å². The van der Waals surface area contributed by atoms with Crippen molar-refractivity contribution in [2.45, 2.75) is 6.92 Å². The van der Waals surface area contributed by atoms with Gasteiger partial charge in [-0.05, 0) is 25.2 Å². The molecule has 1 aromatic carbocycles. The fourth-order valence-electron chi connectivity index (χ4n) is 1.87. The molecule has 0 aliphatic rings. The number of aromatic nitrogens is 4. The van der Waals surface area contributed by atoms with Crippen LogP contribution in [0, 0.1) is 11.7 Å². The zero-order valence-corrected chi connectivity index (χ0v) is 12.2. The molecular formula is C15H13N5S. The predicted octanol–water partition coefficient (Wildman–Crippen LogP) is 3.19. The fraction of sp³-hybridized carbons (Fsp3) is 0.0667. The molecule has 0 saturated heterocycles. The number of H-pyrrole nitrogens is 1. The Kier molecular flexibility index (Phi) is 3.70. The zero-order chi connectivity index (χ0) is 14.7. The van der Waals surface area contributed by atoms with Gasteiger partial charge in [0.25, 0.3) is 0 Å². The Labute approximate surface area is 127 Å². The molecule has 2 heterocycles. The monoisotopic (exact) mass is 295 g/mol. The second-order valence-electron chi connectivity index (χ2n) is 4.56. The van der Waals surface area contributed by atoms with E-state index in [-0.39, 0.29) is 0 Å². The quantitative estimate of drug-likeness (QED) is 0.596. The molecular weight excluding hydrogens is 282 g/mol. The van der Waals surface area contributed by atoms with Crippen molar-refractivity contribution >= 4 is 18.4 Å². The smallest absolute Gasteiger partial charge is 0.216 e. The first-order valence-electron chi connectivity index (χ1n) is 6.43. The molecule has 0 unspecified atom stereocenters. The minimum atomic E-state index is 0.450. The van der Waals surface area contributed by atoms with E-state index in [1.54, 1.807) is 23.3 Å². The molecule has 0 bridgehead atoms. The number of aryl methyl sites for hydroxylation is 1. The van der Waals surface area contributed by atoms with Crippen molar-refractivity contribution in [1.82, 2.24) is 19.9 Å². The maximum Gasteiger partial charge on any atom is 0.216 e. The minimum absolute atomic E-state index is 0.450. The molecule has 0 amide bonds. The molecule has 0 aliphatic heterocycles. The SMILES string of the molecule is Cc1ccc(-c2n[nH]c(=S)n2N=Cc2cccnc2)cc1. The summed E-state index contributed by atoms with van der Waals surface area (Å²) in [6.07, 6.45) is 5.16. The highest BCUT2D eigenvalue weighted by molar-refractivity contribution is 7.71. The molecule has 21 heavy (non-hydrogen) atoms.